The molecule has 1 aliphatic rings. The number of rotatable bonds is 6. The molecule has 0 bridgehead atoms. The van der Waals surface area contributed by atoms with Crippen LogP contribution in [0, 0.1) is 13.8 Å². The highest BCUT2D eigenvalue weighted by atomic mass is 32.1. The highest BCUT2D eigenvalue weighted by Crippen LogP contribution is 2.26. The van der Waals surface area contributed by atoms with Crippen LogP contribution in [0.3, 0.4) is 0 Å². The van der Waals surface area contributed by atoms with Crippen molar-refractivity contribution in [3.8, 4) is 0 Å². The number of nitrogens with zero attached hydrogens (tertiary/aromatic N) is 3. The smallest absolute Gasteiger partial charge is 0.191 e. The molecule has 2 aromatic heterocycles. The second-order valence-electron chi connectivity index (χ2n) is 6.38. The molecular formula is C18H27N5OS. The highest BCUT2D eigenvalue weighted by Gasteiger charge is 2.26. The second kappa shape index (κ2) is 8.49. The van der Waals surface area contributed by atoms with E-state index in [9.17, 15) is 0 Å². The maximum atomic E-state index is 5.91. The van der Waals surface area contributed by atoms with Crippen LogP contribution in [0.2, 0.25) is 0 Å². The topological polar surface area (TPSA) is 65.7 Å². The first-order valence-electron chi connectivity index (χ1n) is 8.82. The largest absolute Gasteiger partial charge is 0.465 e. The first kappa shape index (κ1) is 17.9. The fraction of sp³-hybridized carbons (Fsp3) is 0.556. The number of aromatic nitrogens is 1. The summed E-state index contributed by atoms with van der Waals surface area (Å²) in [5.74, 6) is 2.78. The van der Waals surface area contributed by atoms with Gasteiger partial charge in [-0.05, 0) is 51.9 Å². The number of hydrogen-bond acceptors (Lipinski definition) is 5. The summed E-state index contributed by atoms with van der Waals surface area (Å²) in [6, 6.07) is 4.36. The molecule has 3 heterocycles. The van der Waals surface area contributed by atoms with Gasteiger partial charge in [0, 0.05) is 24.7 Å². The van der Waals surface area contributed by atoms with Crippen molar-refractivity contribution in [1.82, 2.24) is 20.5 Å². The average Bonchev–Trinajstić information content (AvgIpc) is 3.34. The molecule has 1 fully saturated rings. The minimum atomic E-state index is 0.233. The van der Waals surface area contributed by atoms with Crippen molar-refractivity contribution in [3.05, 3.63) is 39.7 Å². The van der Waals surface area contributed by atoms with Crippen molar-refractivity contribution in [3.63, 3.8) is 0 Å². The van der Waals surface area contributed by atoms with Gasteiger partial charge in [-0.2, -0.15) is 0 Å². The molecule has 0 aliphatic carbocycles. The third-order valence-electron chi connectivity index (χ3n) is 4.43. The molecule has 1 unspecified atom stereocenters. The summed E-state index contributed by atoms with van der Waals surface area (Å²) in [6.07, 6.45) is 4.42. The van der Waals surface area contributed by atoms with E-state index < -0.39 is 0 Å². The third kappa shape index (κ3) is 4.83. The van der Waals surface area contributed by atoms with Crippen molar-refractivity contribution < 1.29 is 4.42 Å². The second-order valence-corrected chi connectivity index (χ2v) is 7.70. The molecule has 3 rings (SSSR count). The lowest BCUT2D eigenvalue weighted by Gasteiger charge is -2.26. The van der Waals surface area contributed by atoms with Crippen LogP contribution in [-0.4, -0.2) is 42.5 Å². The maximum Gasteiger partial charge on any atom is 0.191 e. The molecular weight excluding hydrogens is 334 g/mol. The molecule has 1 atom stereocenters. The summed E-state index contributed by atoms with van der Waals surface area (Å²) in [4.78, 5) is 12.4. The van der Waals surface area contributed by atoms with Crippen LogP contribution >= 0.6 is 11.3 Å². The summed E-state index contributed by atoms with van der Waals surface area (Å²) in [6.45, 7) is 7.76. The van der Waals surface area contributed by atoms with E-state index >= 15 is 0 Å². The van der Waals surface area contributed by atoms with Crippen LogP contribution < -0.4 is 10.6 Å². The molecule has 136 valence electrons. The predicted molar refractivity (Wildman–Crippen MR) is 102 cm³/mol. The minimum absolute atomic E-state index is 0.233. The summed E-state index contributed by atoms with van der Waals surface area (Å²) < 4.78 is 5.91. The van der Waals surface area contributed by atoms with E-state index in [1.54, 1.807) is 18.4 Å². The summed E-state index contributed by atoms with van der Waals surface area (Å²) in [5.41, 5.74) is 0. The summed E-state index contributed by atoms with van der Waals surface area (Å²) in [7, 11) is 1.80. The lowest BCUT2D eigenvalue weighted by molar-refractivity contribution is 0.213. The highest BCUT2D eigenvalue weighted by molar-refractivity contribution is 7.11. The van der Waals surface area contributed by atoms with Crippen LogP contribution in [-0.2, 0) is 6.54 Å². The molecule has 25 heavy (non-hydrogen) atoms. The Labute approximate surface area is 153 Å². The fourth-order valence-corrected chi connectivity index (χ4v) is 3.88. The Bertz CT molecular complexity index is 702. The van der Waals surface area contributed by atoms with Crippen molar-refractivity contribution >= 4 is 17.3 Å². The first-order valence-corrected chi connectivity index (χ1v) is 9.63. The molecule has 0 aromatic carbocycles. The van der Waals surface area contributed by atoms with Crippen molar-refractivity contribution in [1.29, 1.82) is 0 Å². The third-order valence-corrected chi connectivity index (χ3v) is 5.35. The van der Waals surface area contributed by atoms with Crippen molar-refractivity contribution in [2.24, 2.45) is 4.99 Å². The normalized spacial score (nSPS) is 17.0. The quantitative estimate of drug-likeness (QED) is 0.612. The molecule has 2 N–H and O–H groups in total. The van der Waals surface area contributed by atoms with E-state index in [1.807, 2.05) is 19.2 Å². The van der Waals surface area contributed by atoms with E-state index in [4.69, 9.17) is 4.42 Å². The average molecular weight is 362 g/mol. The number of hydrogen-bond donors (Lipinski definition) is 2. The lowest BCUT2D eigenvalue weighted by Crippen LogP contribution is -2.42. The number of furan rings is 1. The summed E-state index contributed by atoms with van der Waals surface area (Å²) >= 11 is 1.71. The van der Waals surface area contributed by atoms with E-state index in [-0.39, 0.29) is 6.04 Å². The maximum absolute atomic E-state index is 5.91. The van der Waals surface area contributed by atoms with E-state index in [2.05, 4.69) is 38.5 Å². The Balaban J connectivity index is 1.58. The van der Waals surface area contributed by atoms with Gasteiger partial charge in [0.1, 0.15) is 16.5 Å². The van der Waals surface area contributed by atoms with Gasteiger partial charge >= 0.3 is 0 Å². The SMILES string of the molecule is CN=C(NCc1ncc(C)s1)NCC(c1ccc(C)o1)N1CCCC1. The van der Waals surface area contributed by atoms with Crippen LogP contribution in [0.4, 0.5) is 0 Å². The molecule has 0 amide bonds. The fourth-order valence-electron chi connectivity index (χ4n) is 3.15. The molecule has 6 nitrogen and oxygen atoms in total. The van der Waals surface area contributed by atoms with Gasteiger partial charge in [-0.15, -0.1) is 11.3 Å². The molecule has 7 heteroatoms. The van der Waals surface area contributed by atoms with Gasteiger partial charge < -0.3 is 15.1 Å². The van der Waals surface area contributed by atoms with Crippen molar-refractivity contribution in [2.45, 2.75) is 39.3 Å². The zero-order chi connectivity index (χ0) is 17.6. The van der Waals surface area contributed by atoms with Crippen LogP contribution in [0.25, 0.3) is 0 Å². The number of thiazole rings is 1. The zero-order valence-electron chi connectivity index (χ0n) is 15.2. The van der Waals surface area contributed by atoms with E-state index in [0.29, 0.717) is 6.54 Å². The molecule has 1 aliphatic heterocycles. The molecule has 2 aromatic rings. The van der Waals surface area contributed by atoms with Gasteiger partial charge in [0.25, 0.3) is 0 Å². The molecule has 0 spiro atoms. The van der Waals surface area contributed by atoms with Crippen LogP contribution in [0.5, 0.6) is 0 Å². The Hall–Kier alpha value is -1.86. The summed E-state index contributed by atoms with van der Waals surface area (Å²) in [5, 5.41) is 7.85. The van der Waals surface area contributed by atoms with Gasteiger partial charge in [-0.3, -0.25) is 9.89 Å². The lowest BCUT2D eigenvalue weighted by atomic mass is 10.2. The zero-order valence-corrected chi connectivity index (χ0v) is 16.0. The Kier molecular flexibility index (Phi) is 6.09. The van der Waals surface area contributed by atoms with Gasteiger partial charge in [0.2, 0.25) is 0 Å². The van der Waals surface area contributed by atoms with E-state index in [0.717, 1.165) is 42.1 Å². The predicted octanol–water partition coefficient (Wildman–Crippen LogP) is 2.86. The van der Waals surface area contributed by atoms with Gasteiger partial charge in [0.15, 0.2) is 5.96 Å². The van der Waals surface area contributed by atoms with Gasteiger partial charge in [0.05, 0.1) is 12.6 Å². The number of guanidine groups is 1. The Morgan fingerprint density at radius 3 is 2.72 bits per heavy atom. The minimum Gasteiger partial charge on any atom is -0.465 e. The molecule has 0 saturated carbocycles. The van der Waals surface area contributed by atoms with Crippen molar-refractivity contribution in [2.75, 3.05) is 26.7 Å². The molecule has 0 radical (unpaired) electrons. The monoisotopic (exact) mass is 361 g/mol. The van der Waals surface area contributed by atoms with Gasteiger partial charge in [-0.25, -0.2) is 4.98 Å². The van der Waals surface area contributed by atoms with Gasteiger partial charge in [-0.1, -0.05) is 0 Å². The number of aryl methyl sites for hydroxylation is 2. The number of nitrogens with one attached hydrogen (secondary N) is 2. The Morgan fingerprint density at radius 1 is 1.32 bits per heavy atom. The van der Waals surface area contributed by atoms with Crippen LogP contribution in [0.15, 0.2) is 27.7 Å². The molecule has 1 saturated heterocycles. The Morgan fingerprint density at radius 2 is 2.12 bits per heavy atom. The number of aliphatic imine (C=N–C) groups is 1. The van der Waals surface area contributed by atoms with Crippen LogP contribution in [0.1, 0.15) is 40.3 Å². The van der Waals surface area contributed by atoms with E-state index in [1.165, 1.54) is 17.7 Å². The number of likely N-dealkylation sites (tertiary alicyclic amines) is 1. The first-order chi connectivity index (χ1) is 12.2. The standard InChI is InChI=1S/C18H27N5OS/c1-13-6-7-16(24-13)15(23-8-4-5-9-23)11-21-18(19-3)22-12-17-20-10-14(2)25-17/h6-7,10,15H,4-5,8-9,11-12H2,1-3H3,(H2,19,21,22).